The molecule has 2 amide bonds. The highest BCUT2D eigenvalue weighted by Crippen LogP contribution is 2.29. The van der Waals surface area contributed by atoms with Crippen molar-refractivity contribution in [3.8, 4) is 11.3 Å². The number of amides is 2. The van der Waals surface area contributed by atoms with Gasteiger partial charge in [0.2, 0.25) is 5.91 Å². The van der Waals surface area contributed by atoms with Crippen LogP contribution in [0.15, 0.2) is 34.8 Å². The highest BCUT2D eigenvalue weighted by Gasteiger charge is 2.28. The third-order valence-corrected chi connectivity index (χ3v) is 6.72. The molecule has 0 spiro atoms. The Bertz CT molecular complexity index is 869. The number of nitrogens with one attached hydrogen (secondary N) is 1. The van der Waals surface area contributed by atoms with E-state index in [4.69, 9.17) is 0 Å². The van der Waals surface area contributed by atoms with Gasteiger partial charge in [-0.1, -0.05) is 43.2 Å². The molecule has 4 rings (SSSR count). The minimum atomic E-state index is -0.0601. The Labute approximate surface area is 185 Å². The molecule has 2 saturated heterocycles. The van der Waals surface area contributed by atoms with Crippen LogP contribution in [0.3, 0.4) is 0 Å². The maximum atomic E-state index is 13.0. The molecule has 2 aliphatic rings. The summed E-state index contributed by atoms with van der Waals surface area (Å²) in [5.74, 6) is 0.163. The third-order valence-electron chi connectivity index (χ3n) is 5.95. The van der Waals surface area contributed by atoms with Crippen LogP contribution in [-0.4, -0.2) is 82.5 Å². The summed E-state index contributed by atoms with van der Waals surface area (Å²) in [4.78, 5) is 31.6. The maximum Gasteiger partial charge on any atom is 0.273 e. The fourth-order valence-corrected chi connectivity index (χ4v) is 4.71. The van der Waals surface area contributed by atoms with E-state index in [1.54, 1.807) is 0 Å². The number of carbonyl (C=O) groups is 2. The lowest BCUT2D eigenvalue weighted by Gasteiger charge is -2.35. The van der Waals surface area contributed by atoms with Crippen molar-refractivity contribution in [1.29, 1.82) is 0 Å². The molecule has 7 nitrogen and oxygen atoms in total. The van der Waals surface area contributed by atoms with Crippen LogP contribution in [0.5, 0.6) is 0 Å². The van der Waals surface area contributed by atoms with Crippen LogP contribution in [0.4, 0.5) is 0 Å². The Kier molecular flexibility index (Phi) is 6.84. The highest BCUT2D eigenvalue weighted by atomic mass is 79.9. The molecule has 2 aliphatic heterocycles. The third kappa shape index (κ3) is 4.75. The first-order valence-corrected chi connectivity index (χ1v) is 11.5. The van der Waals surface area contributed by atoms with Gasteiger partial charge in [0.15, 0.2) is 0 Å². The summed E-state index contributed by atoms with van der Waals surface area (Å²) in [5.41, 5.74) is 2.17. The Hall–Kier alpha value is -2.19. The number of aromatic amines is 1. The zero-order valence-electron chi connectivity index (χ0n) is 17.1. The van der Waals surface area contributed by atoms with E-state index in [1.807, 2.05) is 40.1 Å². The van der Waals surface area contributed by atoms with E-state index >= 15 is 0 Å². The summed E-state index contributed by atoms with van der Waals surface area (Å²) >= 11 is 3.55. The van der Waals surface area contributed by atoms with E-state index < -0.39 is 0 Å². The van der Waals surface area contributed by atoms with E-state index in [-0.39, 0.29) is 11.8 Å². The topological polar surface area (TPSA) is 72.5 Å². The fourth-order valence-electron chi connectivity index (χ4n) is 4.14. The first-order valence-electron chi connectivity index (χ1n) is 10.7. The van der Waals surface area contributed by atoms with Gasteiger partial charge in [-0.2, -0.15) is 5.10 Å². The van der Waals surface area contributed by atoms with Crippen LogP contribution in [0.2, 0.25) is 0 Å². The Morgan fingerprint density at radius 3 is 2.23 bits per heavy atom. The van der Waals surface area contributed by atoms with Crippen molar-refractivity contribution in [2.75, 3.05) is 45.8 Å². The van der Waals surface area contributed by atoms with E-state index in [2.05, 4.69) is 31.0 Å². The number of benzene rings is 1. The van der Waals surface area contributed by atoms with Crippen molar-refractivity contribution >= 4 is 27.7 Å². The average molecular weight is 474 g/mol. The van der Waals surface area contributed by atoms with Gasteiger partial charge >= 0.3 is 0 Å². The van der Waals surface area contributed by atoms with Crippen molar-refractivity contribution in [2.45, 2.75) is 25.7 Å². The number of halogens is 1. The normalized spacial score (nSPS) is 18.3. The van der Waals surface area contributed by atoms with Crippen LogP contribution >= 0.6 is 15.9 Å². The van der Waals surface area contributed by atoms with Gasteiger partial charge < -0.3 is 9.80 Å². The Morgan fingerprint density at radius 2 is 1.57 bits per heavy atom. The first-order chi connectivity index (χ1) is 14.6. The molecule has 8 heteroatoms. The van der Waals surface area contributed by atoms with Crippen molar-refractivity contribution in [2.24, 2.45) is 0 Å². The highest BCUT2D eigenvalue weighted by molar-refractivity contribution is 9.10. The number of hydrogen-bond acceptors (Lipinski definition) is 4. The Balaban J connectivity index is 1.32. The lowest BCUT2D eigenvalue weighted by atomic mass is 10.1. The van der Waals surface area contributed by atoms with Crippen molar-refractivity contribution in [3.63, 3.8) is 0 Å². The molecule has 0 radical (unpaired) electrons. The van der Waals surface area contributed by atoms with Gasteiger partial charge in [-0.05, 0) is 28.8 Å². The molecule has 160 valence electrons. The molecule has 1 N–H and O–H groups in total. The number of hydrogen-bond donors (Lipinski definition) is 1. The molecular weight excluding hydrogens is 446 g/mol. The van der Waals surface area contributed by atoms with Crippen molar-refractivity contribution < 1.29 is 9.59 Å². The summed E-state index contributed by atoms with van der Waals surface area (Å²) in [6.45, 7) is 4.86. The number of aromatic nitrogens is 2. The monoisotopic (exact) mass is 473 g/mol. The summed E-state index contributed by atoms with van der Waals surface area (Å²) in [6.07, 6.45) is 4.66. The molecule has 0 unspecified atom stereocenters. The predicted molar refractivity (Wildman–Crippen MR) is 119 cm³/mol. The molecule has 0 aliphatic carbocycles. The van der Waals surface area contributed by atoms with E-state index in [9.17, 15) is 9.59 Å². The van der Waals surface area contributed by atoms with Gasteiger partial charge in [-0.25, -0.2) is 0 Å². The summed E-state index contributed by atoms with van der Waals surface area (Å²) in [5, 5.41) is 7.24. The first kappa shape index (κ1) is 21.1. The maximum absolute atomic E-state index is 13.0. The fraction of sp³-hybridized carbons (Fsp3) is 0.500. The second-order valence-corrected chi connectivity index (χ2v) is 8.78. The number of likely N-dealkylation sites (tertiary alicyclic amines) is 1. The number of H-pyrrole nitrogens is 1. The lowest BCUT2D eigenvalue weighted by molar-refractivity contribution is -0.132. The number of rotatable bonds is 4. The van der Waals surface area contributed by atoms with Gasteiger partial charge in [0.1, 0.15) is 11.4 Å². The number of nitrogens with zero attached hydrogens (tertiary/aromatic N) is 4. The number of carbonyl (C=O) groups excluding carboxylic acids is 2. The van der Waals surface area contributed by atoms with Crippen LogP contribution in [0.1, 0.15) is 36.2 Å². The van der Waals surface area contributed by atoms with Crippen LogP contribution in [0.25, 0.3) is 11.3 Å². The molecule has 0 saturated carbocycles. The molecular formula is C22H28BrN5O2. The molecule has 30 heavy (non-hydrogen) atoms. The van der Waals surface area contributed by atoms with Gasteiger partial charge in [0.05, 0.1) is 11.0 Å². The summed E-state index contributed by atoms with van der Waals surface area (Å²) < 4.78 is 0.692. The lowest BCUT2D eigenvalue weighted by Crippen LogP contribution is -2.51. The van der Waals surface area contributed by atoms with Gasteiger partial charge in [0.25, 0.3) is 5.91 Å². The molecule has 2 aromatic rings. The predicted octanol–water partition coefficient (Wildman–Crippen LogP) is 3.00. The SMILES string of the molecule is O=C(CN1CCN(C(=O)c2[nH]nc(-c3ccccc3)c2Br)CC1)N1CCCCCC1. The minimum Gasteiger partial charge on any atom is -0.342 e. The number of piperazine rings is 1. The van der Waals surface area contributed by atoms with Gasteiger partial charge in [-0.15, -0.1) is 0 Å². The summed E-state index contributed by atoms with van der Waals surface area (Å²) in [6, 6.07) is 9.78. The largest absolute Gasteiger partial charge is 0.342 e. The summed E-state index contributed by atoms with van der Waals surface area (Å²) in [7, 11) is 0. The molecule has 2 fully saturated rings. The molecule has 1 aromatic carbocycles. The Morgan fingerprint density at radius 1 is 0.900 bits per heavy atom. The van der Waals surface area contributed by atoms with Crippen molar-refractivity contribution in [3.05, 3.63) is 40.5 Å². The second-order valence-electron chi connectivity index (χ2n) is 7.99. The molecule has 0 atom stereocenters. The smallest absolute Gasteiger partial charge is 0.273 e. The zero-order valence-corrected chi connectivity index (χ0v) is 18.7. The second kappa shape index (κ2) is 9.75. The van der Waals surface area contributed by atoms with E-state index in [0.717, 1.165) is 37.2 Å². The van der Waals surface area contributed by atoms with E-state index in [1.165, 1.54) is 12.8 Å². The van der Waals surface area contributed by atoms with Crippen LogP contribution in [-0.2, 0) is 4.79 Å². The molecule has 3 heterocycles. The van der Waals surface area contributed by atoms with Crippen molar-refractivity contribution in [1.82, 2.24) is 24.9 Å². The quantitative estimate of drug-likeness (QED) is 0.740. The van der Waals surface area contributed by atoms with Crippen LogP contribution in [0, 0.1) is 0 Å². The average Bonchev–Trinajstić information content (AvgIpc) is 2.97. The molecule has 0 bridgehead atoms. The standard InChI is InChI=1S/C22H28BrN5O2/c23-19-20(17-8-4-3-5-9-17)24-25-21(19)22(30)28-14-12-26(13-15-28)16-18(29)27-10-6-1-2-7-11-27/h3-5,8-9H,1-2,6-7,10-16H2,(H,24,25). The molecule has 1 aromatic heterocycles. The minimum absolute atomic E-state index is 0.0601. The van der Waals surface area contributed by atoms with Gasteiger partial charge in [0, 0.05) is 44.8 Å². The van der Waals surface area contributed by atoms with E-state index in [0.29, 0.717) is 42.9 Å². The van der Waals surface area contributed by atoms with Gasteiger partial charge in [-0.3, -0.25) is 19.6 Å². The zero-order chi connectivity index (χ0) is 20.9. The van der Waals surface area contributed by atoms with Crippen LogP contribution < -0.4 is 0 Å².